The molecule has 208 valence electrons. The first-order valence-electron chi connectivity index (χ1n) is 13.7. The van der Waals surface area contributed by atoms with Crippen LogP contribution >= 0.6 is 0 Å². The summed E-state index contributed by atoms with van der Waals surface area (Å²) in [5.41, 5.74) is 4.64. The lowest BCUT2D eigenvalue weighted by Crippen LogP contribution is -2.66. The number of ether oxygens (including phenoxy) is 1. The Hall–Kier alpha value is -4.17. The van der Waals surface area contributed by atoms with Gasteiger partial charge in [-0.1, -0.05) is 85.8 Å². The molecule has 8 heteroatoms. The van der Waals surface area contributed by atoms with Crippen molar-refractivity contribution < 1.29 is 24.2 Å². The first kappa shape index (κ1) is 27.4. The molecule has 0 radical (unpaired) electrons. The number of alkyl carbamates (subject to hydrolysis) is 1. The Kier molecular flexibility index (Phi) is 7.89. The minimum absolute atomic E-state index is 0.0934. The second-order valence-corrected chi connectivity index (χ2v) is 10.8. The standard InChI is InChI=1S/C32H35N3O5/c1-3-32(30(37)38)20-35(21-32)29(36)28(18-34(2)17-22-11-5-4-6-12-22)33-31(39)40-19-27-25-15-9-7-13-23(25)24-14-8-10-16-26(24)27/h4-16,27-28H,3,17-21H2,1-2H3,(H,33,39)(H,37,38). The SMILES string of the molecule is CCC1(C(=O)O)CN(C(=O)C(CN(C)Cc2ccccc2)NC(=O)OCC2c3ccccc3-c3ccccc32)C1. The minimum Gasteiger partial charge on any atom is -0.481 e. The van der Waals surface area contributed by atoms with Crippen LogP contribution in [0, 0.1) is 5.41 Å². The molecule has 1 saturated heterocycles. The smallest absolute Gasteiger partial charge is 0.407 e. The number of likely N-dealkylation sites (N-methyl/N-ethyl adjacent to an activating group) is 1. The van der Waals surface area contributed by atoms with E-state index in [0.717, 1.165) is 27.8 Å². The second kappa shape index (κ2) is 11.5. The number of hydrogen-bond acceptors (Lipinski definition) is 5. The van der Waals surface area contributed by atoms with Gasteiger partial charge >= 0.3 is 12.1 Å². The fourth-order valence-electron chi connectivity index (χ4n) is 5.81. The largest absolute Gasteiger partial charge is 0.481 e. The van der Waals surface area contributed by atoms with Crippen molar-refractivity contribution in [1.82, 2.24) is 15.1 Å². The Labute approximate surface area is 234 Å². The van der Waals surface area contributed by atoms with Gasteiger partial charge in [0.1, 0.15) is 18.1 Å². The molecule has 3 aromatic carbocycles. The molecule has 1 heterocycles. The number of amides is 2. The zero-order valence-electron chi connectivity index (χ0n) is 22.9. The Morgan fingerprint density at radius 2 is 1.55 bits per heavy atom. The van der Waals surface area contributed by atoms with E-state index in [4.69, 9.17) is 4.74 Å². The number of rotatable bonds is 10. The highest BCUT2D eigenvalue weighted by molar-refractivity contribution is 5.89. The van der Waals surface area contributed by atoms with Crippen LogP contribution in [0.25, 0.3) is 11.1 Å². The van der Waals surface area contributed by atoms with E-state index in [9.17, 15) is 19.5 Å². The van der Waals surface area contributed by atoms with Crippen molar-refractivity contribution in [1.29, 1.82) is 0 Å². The van der Waals surface area contributed by atoms with Crippen LogP contribution in [0.3, 0.4) is 0 Å². The lowest BCUT2D eigenvalue weighted by molar-refractivity contribution is -0.167. The normalized spacial score (nSPS) is 16.0. The summed E-state index contributed by atoms with van der Waals surface area (Å²) >= 11 is 0. The van der Waals surface area contributed by atoms with Crippen LogP contribution in [-0.2, 0) is 20.9 Å². The van der Waals surface area contributed by atoms with Gasteiger partial charge in [-0.15, -0.1) is 0 Å². The third-order valence-electron chi connectivity index (χ3n) is 8.15. The molecule has 0 aromatic heterocycles. The van der Waals surface area contributed by atoms with E-state index in [2.05, 4.69) is 29.6 Å². The zero-order valence-corrected chi connectivity index (χ0v) is 22.9. The van der Waals surface area contributed by atoms with Gasteiger partial charge in [-0.05, 0) is 41.3 Å². The van der Waals surface area contributed by atoms with Gasteiger partial charge in [-0.25, -0.2) is 4.79 Å². The number of nitrogens with zero attached hydrogens (tertiary/aromatic N) is 2. The molecule has 1 aliphatic carbocycles. The lowest BCUT2D eigenvalue weighted by atomic mass is 9.77. The van der Waals surface area contributed by atoms with E-state index >= 15 is 0 Å². The third kappa shape index (κ3) is 5.45. The van der Waals surface area contributed by atoms with E-state index in [-0.39, 0.29) is 38.1 Å². The molecule has 2 aliphatic rings. The quantitative estimate of drug-likeness (QED) is 0.396. The highest BCUT2D eigenvalue weighted by Crippen LogP contribution is 2.44. The highest BCUT2D eigenvalue weighted by atomic mass is 16.5. The summed E-state index contributed by atoms with van der Waals surface area (Å²) in [4.78, 5) is 41.8. The molecule has 1 aliphatic heterocycles. The van der Waals surface area contributed by atoms with Crippen LogP contribution in [0.4, 0.5) is 4.79 Å². The average molecular weight is 542 g/mol. The van der Waals surface area contributed by atoms with Crippen LogP contribution < -0.4 is 5.32 Å². The molecule has 0 bridgehead atoms. The molecule has 0 saturated carbocycles. The molecule has 5 rings (SSSR count). The van der Waals surface area contributed by atoms with Gasteiger partial charge in [0.2, 0.25) is 5.91 Å². The van der Waals surface area contributed by atoms with Gasteiger partial charge in [0.15, 0.2) is 0 Å². The number of carboxylic acids is 1. The topological polar surface area (TPSA) is 99.2 Å². The Morgan fingerprint density at radius 1 is 0.975 bits per heavy atom. The van der Waals surface area contributed by atoms with Crippen molar-refractivity contribution >= 4 is 18.0 Å². The predicted octanol–water partition coefficient (Wildman–Crippen LogP) is 4.35. The summed E-state index contributed by atoms with van der Waals surface area (Å²) in [6, 6.07) is 25.2. The number of likely N-dealkylation sites (tertiary alicyclic amines) is 1. The van der Waals surface area contributed by atoms with E-state index in [1.165, 1.54) is 4.90 Å². The van der Waals surface area contributed by atoms with Crippen LogP contribution in [0.5, 0.6) is 0 Å². The maximum atomic E-state index is 13.5. The van der Waals surface area contributed by atoms with Gasteiger partial charge in [-0.3, -0.25) is 14.5 Å². The summed E-state index contributed by atoms with van der Waals surface area (Å²) in [5, 5.41) is 12.4. The van der Waals surface area contributed by atoms with Crippen molar-refractivity contribution in [2.24, 2.45) is 5.41 Å². The van der Waals surface area contributed by atoms with E-state index in [0.29, 0.717) is 13.0 Å². The first-order chi connectivity index (χ1) is 19.3. The molecule has 1 unspecified atom stereocenters. The molecular weight excluding hydrogens is 506 g/mol. The van der Waals surface area contributed by atoms with Crippen LogP contribution in [0.2, 0.25) is 0 Å². The van der Waals surface area contributed by atoms with Gasteiger partial charge in [-0.2, -0.15) is 0 Å². The van der Waals surface area contributed by atoms with Gasteiger partial charge in [0.05, 0.1) is 0 Å². The predicted molar refractivity (Wildman–Crippen MR) is 152 cm³/mol. The van der Waals surface area contributed by atoms with Crippen molar-refractivity contribution in [3.63, 3.8) is 0 Å². The Bertz CT molecular complexity index is 1340. The number of aliphatic carboxylic acids is 1. The van der Waals surface area contributed by atoms with Gasteiger partial charge in [0, 0.05) is 32.1 Å². The summed E-state index contributed by atoms with van der Waals surface area (Å²) < 4.78 is 5.72. The number of carbonyl (C=O) groups excluding carboxylic acids is 2. The van der Waals surface area contributed by atoms with E-state index < -0.39 is 23.5 Å². The maximum absolute atomic E-state index is 13.5. The fourth-order valence-corrected chi connectivity index (χ4v) is 5.81. The zero-order chi connectivity index (χ0) is 28.3. The molecule has 2 amide bonds. The number of fused-ring (bicyclic) bond motifs is 3. The molecule has 40 heavy (non-hydrogen) atoms. The minimum atomic E-state index is -0.931. The Balaban J connectivity index is 1.27. The highest BCUT2D eigenvalue weighted by Gasteiger charge is 2.51. The Morgan fingerprint density at radius 3 is 2.12 bits per heavy atom. The van der Waals surface area contributed by atoms with Crippen molar-refractivity contribution in [3.05, 3.63) is 95.6 Å². The maximum Gasteiger partial charge on any atom is 0.407 e. The number of hydrogen-bond donors (Lipinski definition) is 2. The number of nitrogens with one attached hydrogen (secondary N) is 1. The van der Waals surface area contributed by atoms with E-state index in [1.807, 2.05) is 73.5 Å². The first-order valence-corrected chi connectivity index (χ1v) is 13.7. The fraction of sp³-hybridized carbons (Fsp3) is 0.344. The molecule has 0 spiro atoms. The monoisotopic (exact) mass is 541 g/mol. The molecule has 8 nitrogen and oxygen atoms in total. The van der Waals surface area contributed by atoms with Gasteiger partial charge < -0.3 is 20.1 Å². The summed E-state index contributed by atoms with van der Waals surface area (Å²) in [6.07, 6.45) is -0.237. The summed E-state index contributed by atoms with van der Waals surface area (Å²) in [5.74, 6) is -1.30. The van der Waals surface area contributed by atoms with Crippen LogP contribution in [0.15, 0.2) is 78.9 Å². The summed E-state index contributed by atoms with van der Waals surface area (Å²) in [7, 11) is 1.89. The van der Waals surface area contributed by atoms with Crippen LogP contribution in [0.1, 0.15) is 36.0 Å². The molecule has 1 fully saturated rings. The molecular formula is C32H35N3O5. The summed E-state index contributed by atoms with van der Waals surface area (Å²) in [6.45, 7) is 3.05. The molecule has 2 N–H and O–H groups in total. The number of benzene rings is 3. The van der Waals surface area contributed by atoms with Crippen molar-refractivity contribution in [3.8, 4) is 11.1 Å². The number of carbonyl (C=O) groups is 3. The average Bonchev–Trinajstić information content (AvgIpc) is 3.25. The van der Waals surface area contributed by atoms with Crippen molar-refractivity contribution in [2.45, 2.75) is 31.8 Å². The number of carboxylic acid groups (broad SMARTS) is 1. The van der Waals surface area contributed by atoms with Crippen molar-refractivity contribution in [2.75, 3.05) is 33.3 Å². The molecule has 1 atom stereocenters. The van der Waals surface area contributed by atoms with Crippen LogP contribution in [-0.4, -0.2) is 72.2 Å². The van der Waals surface area contributed by atoms with E-state index in [1.54, 1.807) is 0 Å². The third-order valence-corrected chi connectivity index (χ3v) is 8.15. The molecule has 3 aromatic rings. The lowest BCUT2D eigenvalue weighted by Gasteiger charge is -2.48. The second-order valence-electron chi connectivity index (χ2n) is 10.8. The van der Waals surface area contributed by atoms with Gasteiger partial charge in [0.25, 0.3) is 0 Å².